The molecule has 0 radical (unpaired) electrons. The standard InChI is InChI=1S/C27H23F3N2O4S/c1-3-25(22-11-9-19(2)10-12-22)37(33,34)32-17-24(21-13-15-23(16-14-21)36-27(28,29)30)26(31-32)35-18-20-7-5-4-6-8-20/h3-17,25H,1,18H2,2H3. The third-order valence-electron chi connectivity index (χ3n) is 5.48. The fourth-order valence-electron chi connectivity index (χ4n) is 3.64. The molecular formula is C27H23F3N2O4S. The van der Waals surface area contributed by atoms with E-state index in [4.69, 9.17) is 4.74 Å². The van der Waals surface area contributed by atoms with Gasteiger partial charge >= 0.3 is 6.36 Å². The summed E-state index contributed by atoms with van der Waals surface area (Å²) in [6, 6.07) is 21.2. The molecule has 0 spiro atoms. The van der Waals surface area contributed by atoms with Crippen LogP contribution < -0.4 is 9.47 Å². The van der Waals surface area contributed by atoms with Gasteiger partial charge in [0.25, 0.3) is 10.0 Å². The highest BCUT2D eigenvalue weighted by atomic mass is 32.2. The van der Waals surface area contributed by atoms with Gasteiger partial charge in [-0.1, -0.05) is 78.4 Å². The van der Waals surface area contributed by atoms with Gasteiger partial charge in [0.05, 0.1) is 11.8 Å². The number of ether oxygens (including phenoxy) is 2. The number of nitrogens with zero attached hydrogens (tertiary/aromatic N) is 2. The molecule has 0 saturated heterocycles. The lowest BCUT2D eigenvalue weighted by atomic mass is 10.1. The maximum Gasteiger partial charge on any atom is 0.573 e. The van der Waals surface area contributed by atoms with Crippen molar-refractivity contribution in [2.75, 3.05) is 0 Å². The highest BCUT2D eigenvalue weighted by Crippen LogP contribution is 2.34. The molecule has 10 heteroatoms. The van der Waals surface area contributed by atoms with Crippen molar-refractivity contribution in [3.63, 3.8) is 0 Å². The van der Waals surface area contributed by atoms with E-state index in [-0.39, 0.29) is 18.1 Å². The Bertz CT molecular complexity index is 1470. The van der Waals surface area contributed by atoms with Crippen LogP contribution in [0.15, 0.2) is 97.7 Å². The molecule has 3 aromatic carbocycles. The van der Waals surface area contributed by atoms with Crippen molar-refractivity contribution in [2.24, 2.45) is 0 Å². The topological polar surface area (TPSA) is 70.4 Å². The highest BCUT2D eigenvalue weighted by Gasteiger charge is 2.32. The number of rotatable bonds is 9. The van der Waals surface area contributed by atoms with E-state index in [1.807, 2.05) is 37.3 Å². The van der Waals surface area contributed by atoms with Gasteiger partial charge in [-0.25, -0.2) is 8.42 Å². The monoisotopic (exact) mass is 528 g/mol. The van der Waals surface area contributed by atoms with Crippen molar-refractivity contribution >= 4 is 10.0 Å². The van der Waals surface area contributed by atoms with Crippen LogP contribution in [-0.4, -0.2) is 24.0 Å². The molecule has 0 aliphatic heterocycles. The molecule has 192 valence electrons. The second-order valence-electron chi connectivity index (χ2n) is 8.18. The molecule has 0 bridgehead atoms. The Balaban J connectivity index is 1.73. The molecule has 0 N–H and O–H groups in total. The Morgan fingerprint density at radius 3 is 2.24 bits per heavy atom. The maximum atomic E-state index is 13.6. The van der Waals surface area contributed by atoms with Crippen LogP contribution in [0, 0.1) is 6.92 Å². The molecule has 37 heavy (non-hydrogen) atoms. The molecule has 4 rings (SSSR count). The summed E-state index contributed by atoms with van der Waals surface area (Å²) in [5.41, 5.74) is 2.98. The summed E-state index contributed by atoms with van der Waals surface area (Å²) in [6.07, 6.45) is -2.24. The zero-order valence-corrected chi connectivity index (χ0v) is 20.5. The van der Waals surface area contributed by atoms with E-state index in [9.17, 15) is 21.6 Å². The summed E-state index contributed by atoms with van der Waals surface area (Å²) in [5, 5.41) is 3.12. The predicted octanol–water partition coefficient (Wildman–Crippen LogP) is 6.44. The fraction of sp³-hybridized carbons (Fsp3) is 0.148. The summed E-state index contributed by atoms with van der Waals surface area (Å²) in [5.74, 6) is -0.405. The Labute approximate surface area is 212 Å². The summed E-state index contributed by atoms with van der Waals surface area (Å²) in [4.78, 5) is 0. The lowest BCUT2D eigenvalue weighted by molar-refractivity contribution is -0.274. The van der Waals surface area contributed by atoms with Crippen LogP contribution in [0.4, 0.5) is 13.2 Å². The van der Waals surface area contributed by atoms with Crippen molar-refractivity contribution in [1.29, 1.82) is 0 Å². The highest BCUT2D eigenvalue weighted by molar-refractivity contribution is 7.90. The Morgan fingerprint density at radius 2 is 1.65 bits per heavy atom. The Morgan fingerprint density at radius 1 is 1.00 bits per heavy atom. The van der Waals surface area contributed by atoms with Crippen LogP contribution in [0.5, 0.6) is 11.6 Å². The number of hydrogen-bond acceptors (Lipinski definition) is 5. The normalized spacial score (nSPS) is 12.6. The molecule has 6 nitrogen and oxygen atoms in total. The molecule has 0 aliphatic rings. The predicted molar refractivity (Wildman–Crippen MR) is 134 cm³/mol. The molecule has 4 aromatic rings. The van der Waals surface area contributed by atoms with Gasteiger partial charge in [-0.05, 0) is 35.7 Å². The average Bonchev–Trinajstić information content (AvgIpc) is 3.30. The van der Waals surface area contributed by atoms with E-state index in [2.05, 4.69) is 16.4 Å². The first-order valence-electron chi connectivity index (χ1n) is 11.1. The first kappa shape index (κ1) is 26.0. The minimum atomic E-state index is -4.83. The van der Waals surface area contributed by atoms with E-state index >= 15 is 0 Å². The molecule has 1 heterocycles. The third-order valence-corrected chi connectivity index (χ3v) is 7.29. The SMILES string of the molecule is C=CC(c1ccc(C)cc1)S(=O)(=O)n1cc(-c2ccc(OC(F)(F)F)cc2)c(OCc2ccccc2)n1. The van der Waals surface area contributed by atoms with Gasteiger partial charge in [0.2, 0.25) is 5.88 Å². The lowest BCUT2D eigenvalue weighted by Gasteiger charge is -2.14. The second kappa shape index (κ2) is 10.5. The first-order valence-corrected chi connectivity index (χ1v) is 12.6. The second-order valence-corrected chi connectivity index (χ2v) is 10.1. The summed E-state index contributed by atoms with van der Waals surface area (Å²) in [7, 11) is -4.11. The van der Waals surface area contributed by atoms with Crippen LogP contribution in [0.2, 0.25) is 0 Å². The maximum absolute atomic E-state index is 13.6. The number of aromatic nitrogens is 2. The molecule has 1 atom stereocenters. The van der Waals surface area contributed by atoms with E-state index < -0.39 is 27.4 Å². The van der Waals surface area contributed by atoms with Crippen molar-refractivity contribution in [1.82, 2.24) is 9.19 Å². The van der Waals surface area contributed by atoms with Gasteiger partial charge in [-0.3, -0.25) is 0 Å². The molecule has 1 aromatic heterocycles. The van der Waals surface area contributed by atoms with Crippen LogP contribution in [0.1, 0.15) is 21.9 Å². The van der Waals surface area contributed by atoms with Gasteiger partial charge in [0, 0.05) is 0 Å². The number of halogens is 3. The smallest absolute Gasteiger partial charge is 0.471 e. The first-order chi connectivity index (χ1) is 17.6. The fourth-order valence-corrected chi connectivity index (χ4v) is 5.05. The summed E-state index contributed by atoms with van der Waals surface area (Å²) >= 11 is 0. The molecular weight excluding hydrogens is 505 g/mol. The van der Waals surface area contributed by atoms with Crippen molar-refractivity contribution in [3.05, 3.63) is 114 Å². The average molecular weight is 529 g/mol. The molecule has 0 saturated carbocycles. The van der Waals surface area contributed by atoms with Crippen LogP contribution in [-0.2, 0) is 16.6 Å². The van der Waals surface area contributed by atoms with E-state index in [0.29, 0.717) is 11.1 Å². The Kier molecular flexibility index (Phi) is 7.40. The van der Waals surface area contributed by atoms with Crippen molar-refractivity contribution in [3.8, 4) is 22.8 Å². The minimum Gasteiger partial charge on any atom is -0.471 e. The van der Waals surface area contributed by atoms with Gasteiger partial charge in [-0.15, -0.1) is 24.8 Å². The van der Waals surface area contributed by atoms with Gasteiger partial charge < -0.3 is 9.47 Å². The molecule has 0 amide bonds. The van der Waals surface area contributed by atoms with Crippen molar-refractivity contribution in [2.45, 2.75) is 25.1 Å². The van der Waals surface area contributed by atoms with Crippen LogP contribution >= 0.6 is 0 Å². The largest absolute Gasteiger partial charge is 0.573 e. The van der Waals surface area contributed by atoms with Crippen LogP contribution in [0.25, 0.3) is 11.1 Å². The zero-order chi connectivity index (χ0) is 26.6. The molecule has 0 fully saturated rings. The van der Waals surface area contributed by atoms with E-state index in [1.54, 1.807) is 24.3 Å². The lowest BCUT2D eigenvalue weighted by Crippen LogP contribution is -2.20. The Hall–Kier alpha value is -4.05. The van der Waals surface area contributed by atoms with Crippen molar-refractivity contribution < 1.29 is 31.1 Å². The van der Waals surface area contributed by atoms with E-state index in [0.717, 1.165) is 27.3 Å². The molecule has 0 aliphatic carbocycles. The number of hydrogen-bond donors (Lipinski definition) is 0. The van der Waals surface area contributed by atoms with Gasteiger partial charge in [0.15, 0.2) is 0 Å². The molecule has 1 unspecified atom stereocenters. The third kappa shape index (κ3) is 6.21. The van der Waals surface area contributed by atoms with E-state index in [1.165, 1.54) is 24.4 Å². The van der Waals surface area contributed by atoms with Crippen LogP contribution in [0.3, 0.4) is 0 Å². The van der Waals surface area contributed by atoms with Gasteiger partial charge in [-0.2, -0.15) is 4.09 Å². The minimum absolute atomic E-state index is 0.00337. The number of alkyl halides is 3. The summed E-state index contributed by atoms with van der Waals surface area (Å²) in [6.45, 7) is 5.69. The summed E-state index contributed by atoms with van der Waals surface area (Å²) < 4.78 is 75.4. The zero-order valence-electron chi connectivity index (χ0n) is 19.7. The quantitative estimate of drug-likeness (QED) is 0.234. The van der Waals surface area contributed by atoms with Gasteiger partial charge in [0.1, 0.15) is 17.6 Å². The number of benzene rings is 3. The number of aryl methyl sites for hydroxylation is 1.